The minimum atomic E-state index is -3.51. The molecule has 7 nitrogen and oxygen atoms in total. The predicted octanol–water partition coefficient (Wildman–Crippen LogP) is 4.47. The highest BCUT2D eigenvalue weighted by Gasteiger charge is 2.26. The van der Waals surface area contributed by atoms with Gasteiger partial charge >= 0.3 is 0 Å². The third-order valence-electron chi connectivity index (χ3n) is 6.45. The van der Waals surface area contributed by atoms with E-state index in [-0.39, 0.29) is 4.90 Å². The fourth-order valence-corrected chi connectivity index (χ4v) is 6.01. The lowest BCUT2D eigenvalue weighted by Gasteiger charge is -2.26. The van der Waals surface area contributed by atoms with Crippen molar-refractivity contribution in [1.29, 1.82) is 0 Å². The van der Waals surface area contributed by atoms with Gasteiger partial charge in [0.25, 0.3) is 0 Å². The highest BCUT2D eigenvalue weighted by Crippen LogP contribution is 2.32. The fraction of sp³-hybridized carbons (Fsp3) is 0.440. The standard InChI is InChI=1S/C25H32N4O3S2/c1-19(20-7-9-22(10-8-20)21-5-3-2-4-6-21)27-28-25(33)26-23-11-13-24(14-12-23)34(30,31)29-15-17-32-18-16-29/h7-14,21H,2-6,15-18H2,1H3,(H2,26,28,33)/b27-19-. The summed E-state index contributed by atoms with van der Waals surface area (Å²) >= 11 is 5.35. The molecule has 34 heavy (non-hydrogen) atoms. The van der Waals surface area contributed by atoms with Crippen LogP contribution < -0.4 is 10.7 Å². The molecule has 0 unspecified atom stereocenters. The summed E-state index contributed by atoms with van der Waals surface area (Å²) < 4.78 is 32.2. The molecule has 0 spiro atoms. The normalized spacial score (nSPS) is 18.4. The molecule has 0 amide bonds. The average Bonchev–Trinajstić information content (AvgIpc) is 2.89. The number of anilines is 1. The van der Waals surface area contributed by atoms with Gasteiger partial charge in [0, 0.05) is 18.8 Å². The van der Waals surface area contributed by atoms with Gasteiger partial charge in [-0.15, -0.1) is 0 Å². The van der Waals surface area contributed by atoms with Crippen LogP contribution in [0.1, 0.15) is 56.1 Å². The molecule has 2 N–H and O–H groups in total. The van der Waals surface area contributed by atoms with Crippen molar-refractivity contribution in [3.05, 3.63) is 59.7 Å². The number of benzene rings is 2. The number of hydrogen-bond donors (Lipinski definition) is 2. The van der Waals surface area contributed by atoms with E-state index in [0.717, 1.165) is 11.3 Å². The van der Waals surface area contributed by atoms with E-state index in [1.807, 2.05) is 6.92 Å². The first-order valence-corrected chi connectivity index (χ1v) is 13.7. The topological polar surface area (TPSA) is 83.0 Å². The summed E-state index contributed by atoms with van der Waals surface area (Å²) in [6.45, 7) is 3.53. The van der Waals surface area contributed by atoms with Crippen LogP contribution in [0.5, 0.6) is 0 Å². The monoisotopic (exact) mass is 500 g/mol. The average molecular weight is 501 g/mol. The van der Waals surface area contributed by atoms with Gasteiger partial charge < -0.3 is 10.1 Å². The Hall–Kier alpha value is -2.33. The molecule has 1 saturated carbocycles. The van der Waals surface area contributed by atoms with Crippen molar-refractivity contribution in [3.63, 3.8) is 0 Å². The zero-order valence-corrected chi connectivity index (χ0v) is 21.1. The third kappa shape index (κ3) is 6.21. The largest absolute Gasteiger partial charge is 0.379 e. The Morgan fingerprint density at radius 3 is 2.29 bits per heavy atom. The van der Waals surface area contributed by atoms with Crippen LogP contribution in [0.25, 0.3) is 0 Å². The van der Waals surface area contributed by atoms with E-state index in [4.69, 9.17) is 17.0 Å². The molecule has 1 heterocycles. The highest BCUT2D eigenvalue weighted by molar-refractivity contribution is 7.89. The lowest BCUT2D eigenvalue weighted by Crippen LogP contribution is -2.40. The molecule has 0 bridgehead atoms. The van der Waals surface area contributed by atoms with Crippen molar-refractivity contribution in [2.45, 2.75) is 49.8 Å². The summed E-state index contributed by atoms with van der Waals surface area (Å²) in [5.41, 5.74) is 6.86. The van der Waals surface area contributed by atoms with Gasteiger partial charge in [-0.25, -0.2) is 8.42 Å². The molecule has 2 aromatic carbocycles. The van der Waals surface area contributed by atoms with Gasteiger partial charge in [-0.2, -0.15) is 9.41 Å². The number of morpholine rings is 1. The molecule has 2 aromatic rings. The molecular weight excluding hydrogens is 468 g/mol. The second-order valence-electron chi connectivity index (χ2n) is 8.76. The first-order valence-electron chi connectivity index (χ1n) is 11.8. The van der Waals surface area contributed by atoms with Crippen molar-refractivity contribution >= 4 is 38.8 Å². The molecule has 0 radical (unpaired) electrons. The summed E-state index contributed by atoms with van der Waals surface area (Å²) in [6.07, 6.45) is 6.58. The molecule has 182 valence electrons. The van der Waals surface area contributed by atoms with Crippen LogP contribution in [0.15, 0.2) is 58.5 Å². The van der Waals surface area contributed by atoms with Crippen molar-refractivity contribution in [1.82, 2.24) is 9.73 Å². The summed E-state index contributed by atoms with van der Waals surface area (Å²) in [7, 11) is -3.51. The maximum absolute atomic E-state index is 12.7. The van der Waals surface area contributed by atoms with Crippen LogP contribution in [0.3, 0.4) is 0 Å². The molecule has 2 aliphatic rings. The van der Waals surface area contributed by atoms with Crippen molar-refractivity contribution in [3.8, 4) is 0 Å². The Balaban J connectivity index is 1.31. The zero-order valence-electron chi connectivity index (χ0n) is 19.5. The van der Waals surface area contributed by atoms with Gasteiger partial charge in [-0.1, -0.05) is 43.5 Å². The van der Waals surface area contributed by atoms with Crippen LogP contribution in [0.4, 0.5) is 5.69 Å². The SMILES string of the molecule is C/C(=N/NC(=S)Nc1ccc(S(=O)(=O)N2CCOCC2)cc1)c1ccc(C2CCCCC2)cc1. The number of nitrogens with zero attached hydrogens (tertiary/aromatic N) is 2. The van der Waals surface area contributed by atoms with E-state index in [1.54, 1.807) is 24.3 Å². The number of thiocarbonyl (C=S) groups is 1. The molecule has 1 saturated heterocycles. The summed E-state index contributed by atoms with van der Waals surface area (Å²) in [5, 5.41) is 7.78. The van der Waals surface area contributed by atoms with Gasteiger partial charge in [0.2, 0.25) is 10.0 Å². The van der Waals surface area contributed by atoms with Crippen molar-refractivity contribution < 1.29 is 13.2 Å². The van der Waals surface area contributed by atoms with E-state index in [0.29, 0.717) is 43.0 Å². The number of rotatable bonds is 6. The Morgan fingerprint density at radius 1 is 1.00 bits per heavy atom. The Morgan fingerprint density at radius 2 is 1.65 bits per heavy atom. The predicted molar refractivity (Wildman–Crippen MR) is 140 cm³/mol. The van der Waals surface area contributed by atoms with Crippen molar-refractivity contribution in [2.75, 3.05) is 31.6 Å². The van der Waals surface area contributed by atoms with E-state index in [1.165, 1.54) is 42.0 Å². The van der Waals surface area contributed by atoms with Crippen molar-refractivity contribution in [2.24, 2.45) is 5.10 Å². The summed E-state index contributed by atoms with van der Waals surface area (Å²) in [6, 6.07) is 15.2. The lowest BCUT2D eigenvalue weighted by molar-refractivity contribution is 0.0730. The minimum Gasteiger partial charge on any atom is -0.379 e. The first-order chi connectivity index (χ1) is 16.4. The van der Waals surface area contributed by atoms with E-state index in [2.05, 4.69) is 40.1 Å². The molecule has 2 fully saturated rings. The van der Waals surface area contributed by atoms with Crippen LogP contribution in [0.2, 0.25) is 0 Å². The van der Waals surface area contributed by atoms with Gasteiger partial charge in [0.05, 0.1) is 23.8 Å². The zero-order chi connectivity index (χ0) is 24.0. The smallest absolute Gasteiger partial charge is 0.243 e. The number of ether oxygens (including phenoxy) is 1. The van der Waals surface area contributed by atoms with Crippen LogP contribution in [-0.4, -0.2) is 49.9 Å². The molecule has 0 atom stereocenters. The molecule has 1 aliphatic carbocycles. The number of sulfonamides is 1. The third-order valence-corrected chi connectivity index (χ3v) is 8.56. The minimum absolute atomic E-state index is 0.254. The van der Waals surface area contributed by atoms with E-state index in [9.17, 15) is 8.42 Å². The maximum Gasteiger partial charge on any atom is 0.243 e. The fourth-order valence-electron chi connectivity index (χ4n) is 4.44. The van der Waals surface area contributed by atoms with Crippen LogP contribution in [0, 0.1) is 0 Å². The number of nitrogens with one attached hydrogen (secondary N) is 2. The van der Waals surface area contributed by atoms with Crippen LogP contribution in [-0.2, 0) is 14.8 Å². The summed E-state index contributed by atoms with van der Waals surface area (Å²) in [4.78, 5) is 0.254. The second-order valence-corrected chi connectivity index (χ2v) is 11.1. The number of hydrogen-bond acceptors (Lipinski definition) is 5. The van der Waals surface area contributed by atoms with E-state index >= 15 is 0 Å². The maximum atomic E-state index is 12.7. The van der Waals surface area contributed by atoms with E-state index < -0.39 is 10.0 Å². The molecule has 1 aliphatic heterocycles. The number of hydrazone groups is 1. The molecule has 9 heteroatoms. The highest BCUT2D eigenvalue weighted by atomic mass is 32.2. The Kier molecular flexibility index (Phi) is 8.31. The first kappa shape index (κ1) is 24.8. The van der Waals surface area contributed by atoms with Gasteiger partial charge in [0.1, 0.15) is 0 Å². The van der Waals surface area contributed by atoms with Gasteiger partial charge in [-0.3, -0.25) is 5.43 Å². The Labute approximate surface area is 207 Å². The summed E-state index contributed by atoms with van der Waals surface area (Å²) in [5.74, 6) is 0.685. The molecule has 0 aromatic heterocycles. The quantitative estimate of drug-likeness (QED) is 0.346. The van der Waals surface area contributed by atoms with Crippen LogP contribution >= 0.6 is 12.2 Å². The Bertz CT molecular complexity index is 1100. The molecular formula is C25H32N4O3S2. The molecule has 4 rings (SSSR count). The van der Waals surface area contributed by atoms with Gasteiger partial charge in [-0.05, 0) is 73.3 Å². The second kappa shape index (κ2) is 11.4. The lowest BCUT2D eigenvalue weighted by atomic mass is 9.84. The van der Waals surface area contributed by atoms with Gasteiger partial charge in [0.15, 0.2) is 5.11 Å².